The molecule has 0 aliphatic carbocycles. The standard InChI is InChI=1S/C17H16N2O2/c1-11-9-14(21-2)4-6-15(11)19-17(20)13-3-5-16-12(10-13)7-8-18-16/h3-10,18H,1-2H3,(H,19,20). The Kier molecular flexibility index (Phi) is 3.36. The van der Waals surface area contributed by atoms with Crippen LogP contribution in [-0.2, 0) is 0 Å². The number of carbonyl (C=O) groups excluding carboxylic acids is 1. The molecule has 0 radical (unpaired) electrons. The van der Waals surface area contributed by atoms with E-state index in [1.54, 1.807) is 7.11 Å². The average molecular weight is 280 g/mol. The van der Waals surface area contributed by atoms with Crippen molar-refractivity contribution >= 4 is 22.5 Å². The molecule has 1 aromatic heterocycles. The van der Waals surface area contributed by atoms with E-state index in [9.17, 15) is 4.79 Å². The maximum Gasteiger partial charge on any atom is 0.255 e. The zero-order valence-corrected chi connectivity index (χ0v) is 11.9. The molecule has 2 N–H and O–H groups in total. The lowest BCUT2D eigenvalue weighted by atomic mass is 10.1. The number of aromatic nitrogens is 1. The number of fused-ring (bicyclic) bond motifs is 1. The summed E-state index contributed by atoms with van der Waals surface area (Å²) in [6.45, 7) is 1.94. The smallest absolute Gasteiger partial charge is 0.255 e. The molecule has 0 aliphatic heterocycles. The minimum Gasteiger partial charge on any atom is -0.497 e. The van der Waals surface area contributed by atoms with Crippen molar-refractivity contribution in [2.45, 2.75) is 6.92 Å². The first-order valence-electron chi connectivity index (χ1n) is 6.70. The molecule has 106 valence electrons. The van der Waals surface area contributed by atoms with E-state index in [-0.39, 0.29) is 5.91 Å². The van der Waals surface area contributed by atoms with Crippen molar-refractivity contribution < 1.29 is 9.53 Å². The number of aryl methyl sites for hydroxylation is 1. The van der Waals surface area contributed by atoms with Crippen molar-refractivity contribution in [2.75, 3.05) is 12.4 Å². The Morgan fingerprint density at radius 2 is 2.00 bits per heavy atom. The minimum absolute atomic E-state index is 0.119. The first-order valence-corrected chi connectivity index (χ1v) is 6.70. The molecule has 0 saturated carbocycles. The Bertz CT molecular complexity index is 805. The van der Waals surface area contributed by atoms with Gasteiger partial charge in [-0.3, -0.25) is 4.79 Å². The molecule has 1 amide bonds. The summed E-state index contributed by atoms with van der Waals surface area (Å²) in [7, 11) is 1.62. The second-order valence-corrected chi connectivity index (χ2v) is 4.91. The van der Waals surface area contributed by atoms with Gasteiger partial charge in [0.2, 0.25) is 0 Å². The van der Waals surface area contributed by atoms with Gasteiger partial charge in [-0.25, -0.2) is 0 Å². The normalized spacial score (nSPS) is 10.6. The van der Waals surface area contributed by atoms with Gasteiger partial charge >= 0.3 is 0 Å². The predicted molar refractivity (Wildman–Crippen MR) is 84.0 cm³/mol. The third kappa shape index (κ3) is 2.60. The number of carbonyl (C=O) groups is 1. The lowest BCUT2D eigenvalue weighted by Gasteiger charge is -2.10. The highest BCUT2D eigenvalue weighted by Crippen LogP contribution is 2.22. The topological polar surface area (TPSA) is 54.1 Å². The molecule has 0 saturated heterocycles. The van der Waals surface area contributed by atoms with Gasteiger partial charge in [0.25, 0.3) is 5.91 Å². The first-order chi connectivity index (χ1) is 10.2. The summed E-state index contributed by atoms with van der Waals surface area (Å²) in [5.74, 6) is 0.658. The zero-order valence-electron chi connectivity index (χ0n) is 11.9. The quantitative estimate of drug-likeness (QED) is 0.768. The number of hydrogen-bond acceptors (Lipinski definition) is 2. The van der Waals surface area contributed by atoms with Gasteiger partial charge < -0.3 is 15.0 Å². The monoisotopic (exact) mass is 280 g/mol. The van der Waals surface area contributed by atoms with Crippen LogP contribution in [0.2, 0.25) is 0 Å². The van der Waals surface area contributed by atoms with E-state index in [0.717, 1.165) is 27.9 Å². The maximum atomic E-state index is 12.3. The fourth-order valence-electron chi connectivity index (χ4n) is 2.29. The van der Waals surface area contributed by atoms with Gasteiger partial charge in [-0.15, -0.1) is 0 Å². The second kappa shape index (κ2) is 5.32. The molecular formula is C17H16N2O2. The van der Waals surface area contributed by atoms with Crippen molar-refractivity contribution in [1.82, 2.24) is 4.98 Å². The highest BCUT2D eigenvalue weighted by molar-refractivity contribution is 6.06. The summed E-state index contributed by atoms with van der Waals surface area (Å²) in [4.78, 5) is 15.4. The number of methoxy groups -OCH3 is 1. The van der Waals surface area contributed by atoms with Gasteiger partial charge in [0.05, 0.1) is 7.11 Å². The summed E-state index contributed by atoms with van der Waals surface area (Å²) in [5, 5.41) is 3.95. The van der Waals surface area contributed by atoms with Crippen LogP contribution in [0.3, 0.4) is 0 Å². The Balaban J connectivity index is 1.85. The fourth-order valence-corrected chi connectivity index (χ4v) is 2.29. The van der Waals surface area contributed by atoms with Crippen LogP contribution in [-0.4, -0.2) is 18.0 Å². The van der Waals surface area contributed by atoms with E-state index >= 15 is 0 Å². The van der Waals surface area contributed by atoms with Gasteiger partial charge in [-0.05, 0) is 55.0 Å². The molecule has 0 atom stereocenters. The Morgan fingerprint density at radius 3 is 2.76 bits per heavy atom. The summed E-state index contributed by atoms with van der Waals surface area (Å²) in [5.41, 5.74) is 3.41. The molecule has 0 spiro atoms. The van der Waals surface area contributed by atoms with Crippen LogP contribution in [0, 0.1) is 6.92 Å². The molecule has 0 unspecified atom stereocenters. The first kappa shape index (κ1) is 13.2. The van der Waals surface area contributed by atoms with Gasteiger partial charge in [-0.2, -0.15) is 0 Å². The number of nitrogens with one attached hydrogen (secondary N) is 2. The van der Waals surface area contributed by atoms with E-state index in [4.69, 9.17) is 4.74 Å². The van der Waals surface area contributed by atoms with Crippen LogP contribution in [0.1, 0.15) is 15.9 Å². The molecule has 0 bridgehead atoms. The maximum absolute atomic E-state index is 12.3. The number of benzene rings is 2. The van der Waals surface area contributed by atoms with Gasteiger partial charge in [-0.1, -0.05) is 0 Å². The summed E-state index contributed by atoms with van der Waals surface area (Å²) in [6, 6.07) is 13.1. The third-order valence-electron chi connectivity index (χ3n) is 3.50. The van der Waals surface area contributed by atoms with Crippen LogP contribution in [0.5, 0.6) is 5.75 Å². The largest absolute Gasteiger partial charge is 0.497 e. The third-order valence-corrected chi connectivity index (χ3v) is 3.50. The van der Waals surface area contributed by atoms with E-state index in [2.05, 4.69) is 10.3 Å². The summed E-state index contributed by atoms with van der Waals surface area (Å²) >= 11 is 0. The Hall–Kier alpha value is -2.75. The second-order valence-electron chi connectivity index (χ2n) is 4.91. The van der Waals surface area contributed by atoms with Crippen LogP contribution < -0.4 is 10.1 Å². The molecule has 4 nitrogen and oxygen atoms in total. The number of amides is 1. The van der Waals surface area contributed by atoms with Crippen LogP contribution in [0.25, 0.3) is 10.9 Å². The molecule has 2 aromatic carbocycles. The molecule has 1 heterocycles. The van der Waals surface area contributed by atoms with Crippen LogP contribution >= 0.6 is 0 Å². The molecule has 21 heavy (non-hydrogen) atoms. The van der Waals surface area contributed by atoms with Gasteiger partial charge in [0, 0.05) is 28.4 Å². The van der Waals surface area contributed by atoms with E-state index < -0.39 is 0 Å². The van der Waals surface area contributed by atoms with Crippen LogP contribution in [0.4, 0.5) is 5.69 Å². The number of ether oxygens (including phenoxy) is 1. The average Bonchev–Trinajstić information content (AvgIpc) is 2.96. The molecule has 0 aliphatic rings. The molecule has 3 aromatic rings. The highest BCUT2D eigenvalue weighted by atomic mass is 16.5. The molecular weight excluding hydrogens is 264 g/mol. The SMILES string of the molecule is COc1ccc(NC(=O)c2ccc3[nH]ccc3c2)c(C)c1. The lowest BCUT2D eigenvalue weighted by Crippen LogP contribution is -2.12. The highest BCUT2D eigenvalue weighted by Gasteiger charge is 2.09. The van der Waals surface area contributed by atoms with Gasteiger partial charge in [0.1, 0.15) is 5.75 Å². The number of anilines is 1. The van der Waals surface area contributed by atoms with Gasteiger partial charge in [0.15, 0.2) is 0 Å². The summed E-state index contributed by atoms with van der Waals surface area (Å²) < 4.78 is 5.16. The van der Waals surface area contributed by atoms with Crippen molar-refractivity contribution in [2.24, 2.45) is 0 Å². The van der Waals surface area contributed by atoms with E-state index in [1.807, 2.05) is 55.6 Å². The Morgan fingerprint density at radius 1 is 1.14 bits per heavy atom. The van der Waals surface area contributed by atoms with Crippen LogP contribution in [0.15, 0.2) is 48.7 Å². The van der Waals surface area contributed by atoms with E-state index in [1.165, 1.54) is 0 Å². The van der Waals surface area contributed by atoms with Crippen molar-refractivity contribution in [1.29, 1.82) is 0 Å². The van der Waals surface area contributed by atoms with E-state index in [0.29, 0.717) is 5.56 Å². The minimum atomic E-state index is -0.119. The molecule has 3 rings (SSSR count). The Labute approximate surface area is 122 Å². The number of H-pyrrole nitrogens is 1. The number of rotatable bonds is 3. The predicted octanol–water partition coefficient (Wildman–Crippen LogP) is 3.74. The zero-order chi connectivity index (χ0) is 14.8. The number of aromatic amines is 1. The lowest BCUT2D eigenvalue weighted by molar-refractivity contribution is 0.102. The van der Waals surface area contributed by atoms with Crippen molar-refractivity contribution in [3.63, 3.8) is 0 Å². The number of hydrogen-bond donors (Lipinski definition) is 2. The summed E-state index contributed by atoms with van der Waals surface area (Å²) in [6.07, 6.45) is 1.86. The van der Waals surface area contributed by atoms with Crippen molar-refractivity contribution in [3.05, 3.63) is 59.8 Å². The fraction of sp³-hybridized carbons (Fsp3) is 0.118. The molecule has 0 fully saturated rings. The molecule has 4 heteroatoms. The van der Waals surface area contributed by atoms with Crippen molar-refractivity contribution in [3.8, 4) is 5.75 Å².